The van der Waals surface area contributed by atoms with E-state index in [4.69, 9.17) is 4.55 Å². The van der Waals surface area contributed by atoms with Gasteiger partial charge in [-0.3, -0.25) is 18.5 Å². The number of aromatic nitrogens is 4. The molecule has 0 unspecified atom stereocenters. The minimum absolute atomic E-state index is 0. The zero-order valence-electron chi connectivity index (χ0n) is 13.6. The first-order valence-corrected chi connectivity index (χ1v) is 9.03. The number of nitrogens with zero attached hydrogens (tertiary/aromatic N) is 3. The Morgan fingerprint density at radius 2 is 1.65 bits per heavy atom. The molecule has 0 spiro atoms. The molecule has 2 heterocycles. The molecule has 0 radical (unpaired) electrons. The number of fused-ring (bicyclic) bond motifs is 1. The second kappa shape index (κ2) is 7.88. The van der Waals surface area contributed by atoms with Gasteiger partial charge in [-0.2, -0.15) is 8.42 Å². The summed E-state index contributed by atoms with van der Waals surface area (Å²) in [5, 5.41) is 0. The van der Waals surface area contributed by atoms with Gasteiger partial charge >= 0.3 is 57.1 Å². The third kappa shape index (κ3) is 3.65. The summed E-state index contributed by atoms with van der Waals surface area (Å²) in [6.45, 7) is 4.08. The molecular weight excluding hydrogens is 387 g/mol. The summed E-state index contributed by atoms with van der Waals surface area (Å²) in [6.07, 6.45) is 0. The van der Waals surface area contributed by atoms with Crippen molar-refractivity contribution in [3.05, 3.63) is 45.1 Å². The van der Waals surface area contributed by atoms with Crippen molar-refractivity contribution in [2.45, 2.75) is 31.8 Å². The zero-order chi connectivity index (χ0) is 18.4. The molecule has 0 saturated heterocycles. The maximum atomic E-state index is 12.4. The maximum absolute atomic E-state index is 12.4. The van der Waals surface area contributed by atoms with Gasteiger partial charge in [-0.1, -0.05) is 0 Å². The fourth-order valence-corrected chi connectivity index (χ4v) is 3.13. The molecule has 11 heteroatoms. The molecule has 0 saturated carbocycles. The molecule has 2 aromatic heterocycles. The monoisotopic (exact) mass is 404 g/mol. The van der Waals surface area contributed by atoms with E-state index in [0.29, 0.717) is 17.9 Å². The minimum atomic E-state index is -4.29. The van der Waals surface area contributed by atoms with E-state index in [-0.39, 0.29) is 74.0 Å². The molecule has 9 nitrogen and oxygen atoms in total. The normalized spacial score (nSPS) is 11.5. The molecule has 134 valence electrons. The van der Waals surface area contributed by atoms with Crippen molar-refractivity contribution in [1.29, 1.82) is 0 Å². The van der Waals surface area contributed by atoms with Crippen LogP contribution >= 0.6 is 0 Å². The van der Waals surface area contributed by atoms with E-state index in [1.165, 1.54) is 28.8 Å². The first kappa shape index (κ1) is 21.2. The van der Waals surface area contributed by atoms with Crippen LogP contribution in [-0.2, 0) is 23.2 Å². The zero-order valence-corrected chi connectivity index (χ0v) is 14.4. The van der Waals surface area contributed by atoms with Gasteiger partial charge in [0.1, 0.15) is 11.3 Å². The Kier molecular flexibility index (Phi) is 6.43. The van der Waals surface area contributed by atoms with Gasteiger partial charge in [0.15, 0.2) is 5.65 Å². The molecule has 0 atom stereocenters. The van der Waals surface area contributed by atoms with Gasteiger partial charge in [0, 0.05) is 18.7 Å². The quantitative estimate of drug-likeness (QED) is 0.472. The van der Waals surface area contributed by atoms with Crippen LogP contribution in [0, 0.1) is 0 Å². The van der Waals surface area contributed by atoms with E-state index in [2.05, 4.69) is 9.97 Å². The van der Waals surface area contributed by atoms with Crippen molar-refractivity contribution in [2.24, 2.45) is 0 Å². The third-order valence-electron chi connectivity index (χ3n) is 3.92. The molecule has 0 amide bonds. The van der Waals surface area contributed by atoms with Gasteiger partial charge < -0.3 is 4.98 Å². The van der Waals surface area contributed by atoms with Crippen LogP contribution < -0.4 is 11.2 Å². The Morgan fingerprint density at radius 3 is 2.15 bits per heavy atom. The number of rotatable bonds is 4. The topological polar surface area (TPSA) is 127 Å². The Bertz CT molecular complexity index is 1180. The summed E-state index contributed by atoms with van der Waals surface area (Å²) in [4.78, 5) is 31.8. The number of aryl methyl sites for hydroxylation is 1. The van der Waals surface area contributed by atoms with Crippen LogP contribution in [0.25, 0.3) is 22.6 Å². The van der Waals surface area contributed by atoms with Crippen LogP contribution in [0.3, 0.4) is 0 Å². The number of aromatic amines is 1. The van der Waals surface area contributed by atoms with E-state index < -0.39 is 21.4 Å². The number of hydrogen-bond donors (Lipinski definition) is 2. The second-order valence-electron chi connectivity index (χ2n) is 5.36. The van der Waals surface area contributed by atoms with Gasteiger partial charge in [-0.25, -0.2) is 9.78 Å². The average Bonchev–Trinajstić information content (AvgIpc) is 3.00. The van der Waals surface area contributed by atoms with Crippen molar-refractivity contribution in [2.75, 3.05) is 0 Å². The van der Waals surface area contributed by atoms with Crippen molar-refractivity contribution in [3.63, 3.8) is 0 Å². The van der Waals surface area contributed by atoms with Crippen LogP contribution in [0.15, 0.2) is 38.8 Å². The Labute approximate surface area is 191 Å². The fraction of sp³-hybridized carbons (Fsp3) is 0.267. The van der Waals surface area contributed by atoms with Crippen molar-refractivity contribution >= 4 is 72.7 Å². The molecule has 0 fully saturated rings. The standard InChI is InChI=1S/C15H16N4O5S.K.H/c1-3-18-13-11(14(20)19(4-2)15(18)21)16-12(17-13)9-5-7-10(8-6-9)25(22,23)24;;/h5-8H,3-4H2,1-2H3,(H,16,17)(H,22,23,24);;. The molecular formula is C15H17KN4O5S. The van der Waals surface area contributed by atoms with Gasteiger partial charge in [0.2, 0.25) is 0 Å². The van der Waals surface area contributed by atoms with Gasteiger partial charge in [0.25, 0.3) is 15.7 Å². The average molecular weight is 404 g/mol. The first-order valence-electron chi connectivity index (χ1n) is 7.59. The van der Waals surface area contributed by atoms with E-state index in [0.717, 1.165) is 4.57 Å². The summed E-state index contributed by atoms with van der Waals surface area (Å²) in [5.41, 5.74) is 0.0807. The van der Waals surface area contributed by atoms with Crippen LogP contribution in [0.5, 0.6) is 0 Å². The van der Waals surface area contributed by atoms with Crippen molar-refractivity contribution in [3.8, 4) is 11.4 Å². The Balaban J connectivity index is 0.00000243. The van der Waals surface area contributed by atoms with Crippen LogP contribution in [0.1, 0.15) is 13.8 Å². The predicted octanol–water partition coefficient (Wildman–Crippen LogP) is 0.191. The van der Waals surface area contributed by atoms with E-state index in [1.54, 1.807) is 13.8 Å². The van der Waals surface area contributed by atoms with Crippen LogP contribution in [-0.4, -0.2) is 83.5 Å². The summed E-state index contributed by atoms with van der Waals surface area (Å²) < 4.78 is 33.8. The summed E-state index contributed by atoms with van der Waals surface area (Å²) in [6, 6.07) is 5.37. The second-order valence-corrected chi connectivity index (χ2v) is 6.78. The van der Waals surface area contributed by atoms with Crippen molar-refractivity contribution in [1.82, 2.24) is 19.1 Å². The number of imidazole rings is 1. The number of benzene rings is 1. The number of H-pyrrole nitrogens is 1. The SMILES string of the molecule is CCn1c(=O)c2[nH]c(-c3ccc(S(=O)(=O)O)cc3)nc2n(CC)c1=O.[KH]. The van der Waals surface area contributed by atoms with E-state index in [1.807, 2.05) is 0 Å². The summed E-state index contributed by atoms with van der Waals surface area (Å²) >= 11 is 0. The van der Waals surface area contributed by atoms with E-state index >= 15 is 0 Å². The summed E-state index contributed by atoms with van der Waals surface area (Å²) in [7, 11) is -4.29. The van der Waals surface area contributed by atoms with Crippen LogP contribution in [0.2, 0.25) is 0 Å². The Morgan fingerprint density at radius 1 is 1.08 bits per heavy atom. The number of hydrogen-bond acceptors (Lipinski definition) is 5. The molecule has 26 heavy (non-hydrogen) atoms. The molecule has 0 aliphatic carbocycles. The number of nitrogens with one attached hydrogen (secondary N) is 1. The van der Waals surface area contributed by atoms with Crippen LogP contribution in [0.4, 0.5) is 0 Å². The van der Waals surface area contributed by atoms with Crippen molar-refractivity contribution < 1.29 is 13.0 Å². The predicted molar refractivity (Wildman–Crippen MR) is 98.4 cm³/mol. The molecule has 3 aromatic rings. The third-order valence-corrected chi connectivity index (χ3v) is 4.79. The Hall–Kier alpha value is -1.08. The fourth-order valence-electron chi connectivity index (χ4n) is 2.65. The van der Waals surface area contributed by atoms with E-state index in [9.17, 15) is 18.0 Å². The molecule has 2 N–H and O–H groups in total. The summed E-state index contributed by atoms with van der Waals surface area (Å²) in [5.74, 6) is 0.324. The molecule has 0 aliphatic rings. The van der Waals surface area contributed by atoms with Gasteiger partial charge in [-0.05, 0) is 38.1 Å². The first-order chi connectivity index (χ1) is 11.8. The van der Waals surface area contributed by atoms with Gasteiger partial charge in [-0.15, -0.1) is 0 Å². The molecule has 1 aromatic carbocycles. The molecule has 0 bridgehead atoms. The van der Waals surface area contributed by atoms with Gasteiger partial charge in [0.05, 0.1) is 4.90 Å². The molecule has 0 aliphatic heterocycles. The molecule has 3 rings (SSSR count).